The first-order valence-corrected chi connectivity index (χ1v) is 8.37. The highest BCUT2D eigenvalue weighted by Crippen LogP contribution is 2.21. The number of hydrogen-bond donors (Lipinski definition) is 0. The zero-order valence-electron chi connectivity index (χ0n) is 12.9. The SMILES string of the molecule is O=C(COc1ccccc1F)N(Cc1cccs1)c1ccccc1. The largest absolute Gasteiger partial charge is 0.481 e. The lowest BCUT2D eigenvalue weighted by Gasteiger charge is -2.22. The number of anilines is 1. The maximum Gasteiger partial charge on any atom is 0.265 e. The monoisotopic (exact) mass is 341 g/mol. The molecule has 0 bridgehead atoms. The van der Waals surface area contributed by atoms with E-state index in [4.69, 9.17) is 4.74 Å². The molecule has 0 saturated heterocycles. The molecule has 0 saturated carbocycles. The minimum Gasteiger partial charge on any atom is -0.481 e. The Morgan fingerprint density at radius 1 is 1.00 bits per heavy atom. The molecule has 0 atom stereocenters. The number of para-hydroxylation sites is 2. The Balaban J connectivity index is 1.75. The third kappa shape index (κ3) is 4.00. The number of amides is 1. The molecule has 0 aliphatic rings. The summed E-state index contributed by atoms with van der Waals surface area (Å²) in [6.45, 7) is 0.238. The second-order valence-corrected chi connectivity index (χ2v) is 6.15. The molecule has 3 nitrogen and oxygen atoms in total. The van der Waals surface area contributed by atoms with E-state index < -0.39 is 5.82 Å². The molecule has 0 aliphatic heterocycles. The van der Waals surface area contributed by atoms with Crippen LogP contribution in [0.25, 0.3) is 0 Å². The maximum atomic E-state index is 13.6. The number of carbonyl (C=O) groups excluding carboxylic acids is 1. The molecule has 1 amide bonds. The molecule has 1 aromatic heterocycles. The number of carbonyl (C=O) groups is 1. The Bertz CT molecular complexity index is 790. The van der Waals surface area contributed by atoms with Crippen LogP contribution in [-0.2, 0) is 11.3 Å². The van der Waals surface area contributed by atoms with E-state index in [1.165, 1.54) is 12.1 Å². The summed E-state index contributed by atoms with van der Waals surface area (Å²) in [6, 6.07) is 19.4. The minimum absolute atomic E-state index is 0.0787. The number of rotatable bonds is 6. The van der Waals surface area contributed by atoms with Crippen molar-refractivity contribution in [2.75, 3.05) is 11.5 Å². The van der Waals surface area contributed by atoms with Crippen molar-refractivity contribution in [1.29, 1.82) is 0 Å². The van der Waals surface area contributed by atoms with Crippen molar-refractivity contribution >= 4 is 22.9 Å². The van der Waals surface area contributed by atoms with Crippen molar-refractivity contribution in [2.45, 2.75) is 6.54 Å². The number of benzene rings is 2. The summed E-state index contributed by atoms with van der Waals surface area (Å²) >= 11 is 1.59. The Hall–Kier alpha value is -2.66. The van der Waals surface area contributed by atoms with Crippen LogP contribution < -0.4 is 9.64 Å². The van der Waals surface area contributed by atoms with Crippen molar-refractivity contribution in [2.24, 2.45) is 0 Å². The number of hydrogen-bond acceptors (Lipinski definition) is 3. The predicted molar refractivity (Wildman–Crippen MR) is 93.8 cm³/mol. The second-order valence-electron chi connectivity index (χ2n) is 5.11. The van der Waals surface area contributed by atoms with Gasteiger partial charge in [-0.2, -0.15) is 0 Å². The van der Waals surface area contributed by atoms with E-state index in [1.54, 1.807) is 28.4 Å². The average molecular weight is 341 g/mol. The van der Waals surface area contributed by atoms with Gasteiger partial charge in [-0.25, -0.2) is 4.39 Å². The van der Waals surface area contributed by atoms with Gasteiger partial charge in [0.15, 0.2) is 18.2 Å². The normalized spacial score (nSPS) is 10.4. The lowest BCUT2D eigenvalue weighted by atomic mass is 10.2. The summed E-state index contributed by atoms with van der Waals surface area (Å²) in [4.78, 5) is 15.4. The predicted octanol–water partition coefficient (Wildman–Crippen LogP) is 4.50. The van der Waals surface area contributed by atoms with Crippen LogP contribution in [0.4, 0.5) is 10.1 Å². The van der Waals surface area contributed by atoms with Crippen LogP contribution in [0.5, 0.6) is 5.75 Å². The Labute approximate surface area is 143 Å². The van der Waals surface area contributed by atoms with Gasteiger partial charge in [0.05, 0.1) is 6.54 Å². The van der Waals surface area contributed by atoms with Gasteiger partial charge in [0.2, 0.25) is 0 Å². The molecule has 1 heterocycles. The Morgan fingerprint density at radius 2 is 1.75 bits per heavy atom. The smallest absolute Gasteiger partial charge is 0.265 e. The average Bonchev–Trinajstić information content (AvgIpc) is 3.13. The highest BCUT2D eigenvalue weighted by atomic mass is 32.1. The standard InChI is InChI=1S/C19H16FNO2S/c20-17-10-4-5-11-18(17)23-14-19(22)21(13-16-9-6-12-24-16)15-7-2-1-3-8-15/h1-12H,13-14H2. The summed E-state index contributed by atoms with van der Waals surface area (Å²) in [6.07, 6.45) is 0. The quantitative estimate of drug-likeness (QED) is 0.661. The van der Waals surface area contributed by atoms with Gasteiger partial charge in [0.1, 0.15) is 0 Å². The van der Waals surface area contributed by atoms with E-state index in [1.807, 2.05) is 47.8 Å². The van der Waals surface area contributed by atoms with E-state index in [-0.39, 0.29) is 18.3 Å². The van der Waals surface area contributed by atoms with Gasteiger partial charge >= 0.3 is 0 Å². The highest BCUT2D eigenvalue weighted by molar-refractivity contribution is 7.09. The van der Waals surface area contributed by atoms with E-state index in [2.05, 4.69) is 0 Å². The molecular weight excluding hydrogens is 325 g/mol. The number of nitrogens with zero attached hydrogens (tertiary/aromatic N) is 1. The summed E-state index contributed by atoms with van der Waals surface area (Å²) in [7, 11) is 0. The molecule has 5 heteroatoms. The van der Waals surface area contributed by atoms with E-state index in [0.717, 1.165) is 10.6 Å². The molecule has 122 valence electrons. The topological polar surface area (TPSA) is 29.5 Å². The fourth-order valence-electron chi connectivity index (χ4n) is 2.27. The summed E-state index contributed by atoms with van der Waals surface area (Å²) < 4.78 is 19.0. The fourth-order valence-corrected chi connectivity index (χ4v) is 2.96. The number of halogens is 1. The number of ether oxygens (including phenoxy) is 1. The number of thiophene rings is 1. The van der Waals surface area contributed by atoms with Crippen LogP contribution in [0.1, 0.15) is 4.88 Å². The van der Waals surface area contributed by atoms with Gasteiger partial charge in [-0.05, 0) is 35.7 Å². The molecule has 0 fully saturated rings. The Kier molecular flexibility index (Phi) is 5.23. The van der Waals surface area contributed by atoms with Crippen LogP contribution in [0.15, 0.2) is 72.1 Å². The van der Waals surface area contributed by atoms with Gasteiger partial charge in [0, 0.05) is 10.6 Å². The minimum atomic E-state index is -0.477. The summed E-state index contributed by atoms with van der Waals surface area (Å²) in [5, 5.41) is 1.97. The third-order valence-corrected chi connectivity index (χ3v) is 4.31. The maximum absolute atomic E-state index is 13.6. The van der Waals surface area contributed by atoms with Crippen LogP contribution in [0.3, 0.4) is 0 Å². The van der Waals surface area contributed by atoms with E-state index in [0.29, 0.717) is 6.54 Å². The van der Waals surface area contributed by atoms with Crippen molar-refractivity contribution < 1.29 is 13.9 Å². The lowest BCUT2D eigenvalue weighted by molar-refractivity contribution is -0.120. The molecular formula is C19H16FNO2S. The van der Waals surface area contributed by atoms with Crippen molar-refractivity contribution in [3.63, 3.8) is 0 Å². The van der Waals surface area contributed by atoms with E-state index in [9.17, 15) is 9.18 Å². The fraction of sp³-hybridized carbons (Fsp3) is 0.105. The molecule has 2 aromatic carbocycles. The van der Waals surface area contributed by atoms with Crippen LogP contribution in [0, 0.1) is 5.82 Å². The molecule has 0 aliphatic carbocycles. The molecule has 0 spiro atoms. The van der Waals surface area contributed by atoms with Crippen LogP contribution in [-0.4, -0.2) is 12.5 Å². The Morgan fingerprint density at radius 3 is 2.46 bits per heavy atom. The van der Waals surface area contributed by atoms with Gasteiger partial charge in [-0.15, -0.1) is 11.3 Å². The zero-order chi connectivity index (χ0) is 16.8. The third-order valence-electron chi connectivity index (χ3n) is 3.45. The molecule has 3 rings (SSSR count). The summed E-state index contributed by atoms with van der Waals surface area (Å²) in [5.74, 6) is -0.623. The zero-order valence-corrected chi connectivity index (χ0v) is 13.7. The first kappa shape index (κ1) is 16.2. The van der Waals surface area contributed by atoms with Gasteiger partial charge in [0.25, 0.3) is 5.91 Å². The van der Waals surface area contributed by atoms with Gasteiger partial charge < -0.3 is 9.64 Å². The second kappa shape index (κ2) is 7.75. The first-order valence-electron chi connectivity index (χ1n) is 7.49. The van der Waals surface area contributed by atoms with E-state index >= 15 is 0 Å². The van der Waals surface area contributed by atoms with Crippen molar-refractivity contribution in [3.8, 4) is 5.75 Å². The van der Waals surface area contributed by atoms with Gasteiger partial charge in [-0.1, -0.05) is 36.4 Å². The van der Waals surface area contributed by atoms with Crippen molar-refractivity contribution in [1.82, 2.24) is 0 Å². The first-order chi connectivity index (χ1) is 11.7. The molecule has 0 radical (unpaired) electrons. The van der Waals surface area contributed by atoms with Crippen molar-refractivity contribution in [3.05, 3.63) is 82.8 Å². The lowest BCUT2D eigenvalue weighted by Crippen LogP contribution is -2.34. The molecule has 24 heavy (non-hydrogen) atoms. The van der Waals surface area contributed by atoms with Crippen LogP contribution >= 0.6 is 11.3 Å². The summed E-state index contributed by atoms with van der Waals surface area (Å²) in [5.41, 5.74) is 0.785. The highest BCUT2D eigenvalue weighted by Gasteiger charge is 2.18. The van der Waals surface area contributed by atoms with Gasteiger partial charge in [-0.3, -0.25) is 4.79 Å². The molecule has 0 N–H and O–H groups in total. The van der Waals surface area contributed by atoms with Crippen LogP contribution in [0.2, 0.25) is 0 Å². The molecule has 0 unspecified atom stereocenters. The molecule has 3 aromatic rings.